The predicted molar refractivity (Wildman–Crippen MR) is 160 cm³/mol. The molecule has 1 aliphatic rings. The van der Waals surface area contributed by atoms with Gasteiger partial charge in [0.15, 0.2) is 0 Å². The number of carbonyl (C=O) groups excluding carboxylic acids is 1. The Kier molecular flexibility index (Phi) is 7.97. The van der Waals surface area contributed by atoms with Gasteiger partial charge in [-0.3, -0.25) is 9.48 Å². The Bertz CT molecular complexity index is 1530. The Morgan fingerprint density at radius 1 is 1.15 bits per heavy atom. The van der Waals surface area contributed by atoms with Crippen LogP contribution in [-0.4, -0.2) is 69.9 Å². The molecule has 10 nitrogen and oxygen atoms in total. The Morgan fingerprint density at radius 3 is 2.75 bits per heavy atom. The van der Waals surface area contributed by atoms with Crippen LogP contribution in [0.4, 0.5) is 22.9 Å². The molecule has 2 aromatic heterocycles. The van der Waals surface area contributed by atoms with E-state index in [4.69, 9.17) is 4.74 Å². The van der Waals surface area contributed by atoms with Gasteiger partial charge < -0.3 is 25.2 Å². The van der Waals surface area contributed by atoms with Gasteiger partial charge in [-0.2, -0.15) is 5.10 Å². The van der Waals surface area contributed by atoms with E-state index in [1.807, 2.05) is 42.1 Å². The zero-order valence-electron chi connectivity index (χ0n) is 23.5. The van der Waals surface area contributed by atoms with Crippen molar-refractivity contribution in [3.63, 3.8) is 0 Å². The van der Waals surface area contributed by atoms with Crippen LogP contribution >= 0.6 is 0 Å². The van der Waals surface area contributed by atoms with Crippen LogP contribution in [0.2, 0.25) is 0 Å². The molecule has 2 aromatic carbocycles. The lowest BCUT2D eigenvalue weighted by atomic mass is 10.1. The van der Waals surface area contributed by atoms with E-state index in [2.05, 4.69) is 75.1 Å². The summed E-state index contributed by atoms with van der Waals surface area (Å²) in [6.07, 6.45) is 4.69. The minimum absolute atomic E-state index is 0.273. The minimum atomic E-state index is -0.273. The molecule has 0 spiro atoms. The summed E-state index contributed by atoms with van der Waals surface area (Å²) < 4.78 is 8.03. The van der Waals surface area contributed by atoms with E-state index in [-0.39, 0.29) is 5.91 Å². The lowest BCUT2D eigenvalue weighted by molar-refractivity contribution is -0.111. The molecule has 0 aliphatic carbocycles. The zero-order chi connectivity index (χ0) is 28.2. The first-order chi connectivity index (χ1) is 19.4. The Hall–Kier alpha value is -4.44. The molecule has 208 valence electrons. The quantitative estimate of drug-likeness (QED) is 0.289. The van der Waals surface area contributed by atoms with Gasteiger partial charge in [-0.05, 0) is 52.1 Å². The Morgan fingerprint density at radius 2 is 2.00 bits per heavy atom. The highest BCUT2D eigenvalue weighted by Gasteiger charge is 2.25. The van der Waals surface area contributed by atoms with Crippen LogP contribution < -0.4 is 20.3 Å². The van der Waals surface area contributed by atoms with Crippen molar-refractivity contribution in [2.75, 3.05) is 48.8 Å². The summed E-state index contributed by atoms with van der Waals surface area (Å²) in [7, 11) is 2.13. The van der Waals surface area contributed by atoms with Crippen molar-refractivity contribution in [3.8, 4) is 17.0 Å². The number of fused-ring (bicyclic) bond motifs is 1. The van der Waals surface area contributed by atoms with Crippen molar-refractivity contribution in [1.29, 1.82) is 0 Å². The molecule has 5 rings (SSSR count). The summed E-state index contributed by atoms with van der Waals surface area (Å²) in [6.45, 7) is 13.8. The van der Waals surface area contributed by atoms with Crippen molar-refractivity contribution >= 4 is 39.7 Å². The number of anilines is 4. The van der Waals surface area contributed by atoms with Crippen LogP contribution in [0.25, 0.3) is 22.2 Å². The number of piperazine rings is 1. The van der Waals surface area contributed by atoms with Gasteiger partial charge in [0.1, 0.15) is 17.9 Å². The number of ether oxygens (including phenoxy) is 1. The number of hydrogen-bond acceptors (Lipinski definition) is 8. The largest absolute Gasteiger partial charge is 0.492 e. The molecule has 3 heterocycles. The van der Waals surface area contributed by atoms with Crippen LogP contribution in [0.1, 0.15) is 20.8 Å². The van der Waals surface area contributed by atoms with E-state index in [0.717, 1.165) is 54.0 Å². The smallest absolute Gasteiger partial charge is 0.247 e. The number of benzene rings is 2. The molecule has 10 heteroatoms. The van der Waals surface area contributed by atoms with Crippen molar-refractivity contribution in [1.82, 2.24) is 24.6 Å². The third-order valence-electron chi connectivity index (χ3n) is 7.31. The standard InChI is InChI=1S/C30H36N8O2/c1-6-30(39)35-24-14-25(28(40-8-3)16-27(24)37-12-11-36(5)20(4)18-37)34-29-15-23(31-19-32-29)21-9-10-26-22(13-21)17-33-38(26)7-2/h6,9-10,13-17,19-20H,1,7-8,11-12,18H2,2-5H3,(H,35,39)(H,31,32,34)/t20-/m0/s1. The van der Waals surface area contributed by atoms with Gasteiger partial charge >= 0.3 is 0 Å². The average Bonchev–Trinajstić information content (AvgIpc) is 3.38. The maximum Gasteiger partial charge on any atom is 0.247 e. The van der Waals surface area contributed by atoms with E-state index in [1.54, 1.807) is 0 Å². The summed E-state index contributed by atoms with van der Waals surface area (Å²) in [5, 5.41) is 11.9. The fourth-order valence-electron chi connectivity index (χ4n) is 4.97. The highest BCUT2D eigenvalue weighted by molar-refractivity contribution is 6.02. The van der Waals surface area contributed by atoms with Gasteiger partial charge in [0.05, 0.1) is 41.1 Å². The minimum Gasteiger partial charge on any atom is -0.492 e. The molecule has 0 unspecified atom stereocenters. The molecule has 1 amide bonds. The number of nitrogens with zero attached hydrogens (tertiary/aromatic N) is 6. The van der Waals surface area contributed by atoms with Gasteiger partial charge in [-0.1, -0.05) is 12.6 Å². The second-order valence-electron chi connectivity index (χ2n) is 9.91. The fourth-order valence-corrected chi connectivity index (χ4v) is 4.97. The van der Waals surface area contributed by atoms with Gasteiger partial charge in [-0.15, -0.1) is 0 Å². The molecule has 40 heavy (non-hydrogen) atoms. The number of aromatic nitrogens is 4. The van der Waals surface area contributed by atoms with E-state index < -0.39 is 0 Å². The van der Waals surface area contributed by atoms with E-state index in [1.165, 1.54) is 12.4 Å². The number of aryl methyl sites for hydroxylation is 1. The summed E-state index contributed by atoms with van der Waals surface area (Å²) in [5.41, 5.74) is 5.12. The SMILES string of the molecule is C=CC(=O)Nc1cc(Nc2cc(-c3ccc4c(cnn4CC)c3)ncn2)c(OCC)cc1N1CCN(C)[C@@H](C)C1. The maximum atomic E-state index is 12.4. The first kappa shape index (κ1) is 27.1. The van der Waals surface area contributed by atoms with Crippen molar-refractivity contribution < 1.29 is 9.53 Å². The molecule has 0 saturated carbocycles. The molecule has 1 fully saturated rings. The molecule has 0 radical (unpaired) electrons. The highest BCUT2D eigenvalue weighted by atomic mass is 16.5. The lowest BCUT2D eigenvalue weighted by Crippen LogP contribution is -2.50. The Balaban J connectivity index is 1.49. The third-order valence-corrected chi connectivity index (χ3v) is 7.31. The van der Waals surface area contributed by atoms with Crippen LogP contribution in [-0.2, 0) is 11.3 Å². The van der Waals surface area contributed by atoms with Gasteiger partial charge in [0.2, 0.25) is 5.91 Å². The fraction of sp³-hybridized carbons (Fsp3) is 0.333. The first-order valence-corrected chi connectivity index (χ1v) is 13.6. The van der Waals surface area contributed by atoms with Gasteiger partial charge in [0.25, 0.3) is 0 Å². The second-order valence-corrected chi connectivity index (χ2v) is 9.91. The van der Waals surface area contributed by atoms with Crippen LogP contribution in [0.5, 0.6) is 5.75 Å². The third kappa shape index (κ3) is 5.62. The molecule has 4 aromatic rings. The normalized spacial score (nSPS) is 15.7. The lowest BCUT2D eigenvalue weighted by Gasteiger charge is -2.40. The maximum absolute atomic E-state index is 12.4. The van der Waals surface area contributed by atoms with Crippen LogP contribution in [0.15, 0.2) is 61.6 Å². The summed E-state index contributed by atoms with van der Waals surface area (Å²) in [4.78, 5) is 26.0. The molecule has 1 atom stereocenters. The topological polar surface area (TPSA) is 100 Å². The zero-order valence-corrected chi connectivity index (χ0v) is 23.5. The van der Waals surface area contributed by atoms with Gasteiger partial charge in [0, 0.05) is 55.3 Å². The molecular weight excluding hydrogens is 504 g/mol. The second kappa shape index (κ2) is 11.7. The predicted octanol–water partition coefficient (Wildman–Crippen LogP) is 4.92. The number of carbonyl (C=O) groups is 1. The highest BCUT2D eigenvalue weighted by Crippen LogP contribution is 2.39. The summed E-state index contributed by atoms with van der Waals surface area (Å²) in [5.74, 6) is 1.01. The van der Waals surface area contributed by atoms with E-state index in [9.17, 15) is 4.79 Å². The van der Waals surface area contributed by atoms with Crippen molar-refractivity contribution in [2.24, 2.45) is 0 Å². The average molecular weight is 541 g/mol. The number of rotatable bonds is 9. The number of nitrogens with one attached hydrogen (secondary N) is 2. The Labute approximate surface area is 234 Å². The number of amides is 1. The molecular formula is C30H36N8O2. The van der Waals surface area contributed by atoms with E-state index >= 15 is 0 Å². The molecule has 0 bridgehead atoms. The summed E-state index contributed by atoms with van der Waals surface area (Å²) >= 11 is 0. The molecule has 1 saturated heterocycles. The van der Waals surface area contributed by atoms with Crippen LogP contribution in [0.3, 0.4) is 0 Å². The van der Waals surface area contributed by atoms with Crippen molar-refractivity contribution in [3.05, 3.63) is 61.6 Å². The molecule has 2 N–H and O–H groups in total. The number of hydrogen-bond donors (Lipinski definition) is 2. The van der Waals surface area contributed by atoms with E-state index in [0.29, 0.717) is 35.6 Å². The van der Waals surface area contributed by atoms with Crippen molar-refractivity contribution in [2.45, 2.75) is 33.4 Å². The number of likely N-dealkylation sites (N-methyl/N-ethyl adjacent to an activating group) is 1. The monoisotopic (exact) mass is 540 g/mol. The first-order valence-electron chi connectivity index (χ1n) is 13.6. The van der Waals surface area contributed by atoms with Crippen LogP contribution in [0, 0.1) is 0 Å². The molecule has 1 aliphatic heterocycles. The summed E-state index contributed by atoms with van der Waals surface area (Å²) in [6, 6.07) is 12.4. The van der Waals surface area contributed by atoms with Gasteiger partial charge in [-0.25, -0.2) is 9.97 Å².